The summed E-state index contributed by atoms with van der Waals surface area (Å²) < 4.78 is 5.18. The Labute approximate surface area is 146 Å². The molecule has 3 rings (SSSR count). The number of aliphatic imine (C=N–C) groups is 1. The van der Waals surface area contributed by atoms with Crippen LogP contribution in [0.3, 0.4) is 0 Å². The fourth-order valence-electron chi connectivity index (χ4n) is 2.63. The predicted octanol–water partition coefficient (Wildman–Crippen LogP) is 3.95. The van der Waals surface area contributed by atoms with Crippen LogP contribution in [-0.2, 0) is 16.0 Å². The highest BCUT2D eigenvalue weighted by Gasteiger charge is 2.28. The molecule has 2 aromatic rings. The van der Waals surface area contributed by atoms with Crippen LogP contribution in [0.2, 0.25) is 0 Å². The Morgan fingerprint density at radius 3 is 2.48 bits per heavy atom. The van der Waals surface area contributed by atoms with Crippen LogP contribution in [0.25, 0.3) is 0 Å². The number of rotatable bonds is 2. The fourth-order valence-corrected chi connectivity index (χ4v) is 2.63. The van der Waals surface area contributed by atoms with Crippen molar-refractivity contribution in [1.29, 1.82) is 0 Å². The van der Waals surface area contributed by atoms with Crippen LogP contribution in [0.1, 0.15) is 37.5 Å². The Balaban J connectivity index is 1.89. The molecule has 128 valence electrons. The Hall–Kier alpha value is -2.95. The minimum atomic E-state index is -0.765. The standard InChI is InChI=1S/C20H20N2O3/c1-20(2,3)25-19(24)22-17-15-12-14(9-10-16(15)21-18(17)23)11-13-7-5-4-6-8-13/h4-10,12H,11H2,1-3H3,(H,21,22,23,24). The van der Waals surface area contributed by atoms with Gasteiger partial charge in [0.05, 0.1) is 5.69 Å². The number of carbonyl (C=O) groups excluding carboxylic acids is 2. The lowest BCUT2D eigenvalue weighted by Gasteiger charge is -2.17. The van der Waals surface area contributed by atoms with E-state index in [2.05, 4.69) is 10.3 Å². The molecule has 0 aliphatic carbocycles. The van der Waals surface area contributed by atoms with E-state index in [-0.39, 0.29) is 5.71 Å². The summed E-state index contributed by atoms with van der Waals surface area (Å²) in [5.74, 6) is -0.391. The zero-order chi connectivity index (χ0) is 18.0. The maximum Gasteiger partial charge on any atom is 0.434 e. The van der Waals surface area contributed by atoms with E-state index >= 15 is 0 Å². The Bertz CT molecular complexity index is 849. The number of amides is 2. The second-order valence-electron chi connectivity index (χ2n) is 6.94. The first kappa shape index (κ1) is 16.9. The number of benzene rings is 2. The molecule has 0 aromatic heterocycles. The predicted molar refractivity (Wildman–Crippen MR) is 97.1 cm³/mol. The first-order valence-electron chi connectivity index (χ1n) is 8.12. The van der Waals surface area contributed by atoms with E-state index in [4.69, 9.17) is 4.74 Å². The third kappa shape index (κ3) is 4.12. The largest absolute Gasteiger partial charge is 0.442 e. The van der Waals surface area contributed by atoms with Crippen molar-refractivity contribution in [1.82, 2.24) is 0 Å². The number of ether oxygens (including phenoxy) is 1. The zero-order valence-electron chi connectivity index (χ0n) is 14.5. The number of hydrogen-bond donors (Lipinski definition) is 1. The lowest BCUT2D eigenvalue weighted by Crippen LogP contribution is -2.24. The van der Waals surface area contributed by atoms with Gasteiger partial charge in [-0.15, -0.1) is 0 Å². The van der Waals surface area contributed by atoms with Gasteiger partial charge < -0.3 is 10.1 Å². The molecule has 0 spiro atoms. The number of nitrogens with one attached hydrogen (secondary N) is 1. The van der Waals surface area contributed by atoms with Crippen molar-refractivity contribution in [3.05, 3.63) is 65.2 Å². The van der Waals surface area contributed by atoms with Gasteiger partial charge in [0.25, 0.3) is 5.91 Å². The normalized spacial score (nSPS) is 15.0. The van der Waals surface area contributed by atoms with Crippen LogP contribution in [0.5, 0.6) is 0 Å². The molecular formula is C20H20N2O3. The average molecular weight is 336 g/mol. The van der Waals surface area contributed by atoms with Crippen molar-refractivity contribution in [3.8, 4) is 0 Å². The van der Waals surface area contributed by atoms with E-state index < -0.39 is 17.6 Å². The summed E-state index contributed by atoms with van der Waals surface area (Å²) in [4.78, 5) is 28.0. The van der Waals surface area contributed by atoms with Crippen LogP contribution >= 0.6 is 0 Å². The molecule has 1 aliphatic heterocycles. The third-order valence-corrected chi connectivity index (χ3v) is 3.65. The van der Waals surface area contributed by atoms with Gasteiger partial charge in [0.1, 0.15) is 11.3 Å². The third-order valence-electron chi connectivity index (χ3n) is 3.65. The Kier molecular flexibility index (Phi) is 4.40. The quantitative estimate of drug-likeness (QED) is 0.903. The van der Waals surface area contributed by atoms with E-state index in [1.54, 1.807) is 20.8 Å². The molecule has 0 fully saturated rings. The molecule has 0 saturated heterocycles. The van der Waals surface area contributed by atoms with E-state index in [1.807, 2.05) is 48.5 Å². The average Bonchev–Trinajstić information content (AvgIpc) is 2.82. The summed E-state index contributed by atoms with van der Waals surface area (Å²) in [6.45, 7) is 5.27. The first-order valence-corrected chi connectivity index (χ1v) is 8.12. The molecule has 1 N–H and O–H groups in total. The second-order valence-corrected chi connectivity index (χ2v) is 6.94. The van der Waals surface area contributed by atoms with E-state index in [0.717, 1.165) is 12.0 Å². The molecule has 5 nitrogen and oxygen atoms in total. The van der Waals surface area contributed by atoms with Gasteiger partial charge in [0.15, 0.2) is 0 Å². The van der Waals surface area contributed by atoms with Gasteiger partial charge in [-0.25, -0.2) is 4.79 Å². The Morgan fingerprint density at radius 2 is 1.80 bits per heavy atom. The number of hydrogen-bond acceptors (Lipinski definition) is 3. The Morgan fingerprint density at radius 1 is 1.08 bits per heavy atom. The molecule has 0 atom stereocenters. The van der Waals surface area contributed by atoms with Crippen LogP contribution in [0, 0.1) is 0 Å². The molecule has 2 aromatic carbocycles. The van der Waals surface area contributed by atoms with Gasteiger partial charge in [-0.2, -0.15) is 4.99 Å². The molecule has 1 heterocycles. The molecule has 0 saturated carbocycles. The highest BCUT2D eigenvalue weighted by atomic mass is 16.6. The summed E-state index contributed by atoms with van der Waals surface area (Å²) in [5.41, 5.74) is 2.94. The fraction of sp³-hybridized carbons (Fsp3) is 0.250. The summed E-state index contributed by atoms with van der Waals surface area (Å²) >= 11 is 0. The molecular weight excluding hydrogens is 316 g/mol. The summed E-state index contributed by atoms with van der Waals surface area (Å²) in [6.07, 6.45) is -0.0267. The van der Waals surface area contributed by atoms with Crippen LogP contribution in [0.4, 0.5) is 10.5 Å². The lowest BCUT2D eigenvalue weighted by atomic mass is 10.0. The molecule has 0 unspecified atom stereocenters. The van der Waals surface area contributed by atoms with Gasteiger partial charge in [-0.1, -0.05) is 36.4 Å². The van der Waals surface area contributed by atoms with Crippen LogP contribution in [0.15, 0.2) is 53.5 Å². The number of nitrogens with zero attached hydrogens (tertiary/aromatic N) is 1. The van der Waals surface area contributed by atoms with Gasteiger partial charge in [0.2, 0.25) is 0 Å². The number of fused-ring (bicyclic) bond motifs is 1. The topological polar surface area (TPSA) is 67.8 Å². The molecule has 5 heteroatoms. The van der Waals surface area contributed by atoms with Gasteiger partial charge in [-0.3, -0.25) is 4.79 Å². The molecule has 0 radical (unpaired) electrons. The van der Waals surface area contributed by atoms with Crippen molar-refractivity contribution >= 4 is 23.4 Å². The van der Waals surface area contributed by atoms with Crippen molar-refractivity contribution in [2.24, 2.45) is 4.99 Å². The minimum Gasteiger partial charge on any atom is -0.442 e. The minimum absolute atomic E-state index is 0.0964. The summed E-state index contributed by atoms with van der Waals surface area (Å²) in [5, 5.41) is 2.73. The van der Waals surface area contributed by atoms with Crippen LogP contribution < -0.4 is 5.32 Å². The van der Waals surface area contributed by atoms with Crippen molar-refractivity contribution in [2.45, 2.75) is 32.8 Å². The monoisotopic (exact) mass is 336 g/mol. The zero-order valence-corrected chi connectivity index (χ0v) is 14.5. The molecule has 25 heavy (non-hydrogen) atoms. The first-order chi connectivity index (χ1) is 11.8. The van der Waals surface area contributed by atoms with E-state index in [0.29, 0.717) is 11.3 Å². The van der Waals surface area contributed by atoms with Crippen molar-refractivity contribution in [3.63, 3.8) is 0 Å². The highest BCUT2D eigenvalue weighted by Crippen LogP contribution is 2.26. The van der Waals surface area contributed by atoms with Crippen molar-refractivity contribution < 1.29 is 14.3 Å². The highest BCUT2D eigenvalue weighted by molar-refractivity contribution is 6.54. The number of carbonyl (C=O) groups is 2. The summed E-state index contributed by atoms with van der Waals surface area (Å²) in [6, 6.07) is 15.7. The molecule has 2 amide bonds. The van der Waals surface area contributed by atoms with Gasteiger partial charge >= 0.3 is 6.09 Å². The maximum atomic E-state index is 12.2. The number of anilines is 1. The van der Waals surface area contributed by atoms with E-state index in [9.17, 15) is 9.59 Å². The van der Waals surface area contributed by atoms with Crippen LogP contribution in [-0.4, -0.2) is 23.3 Å². The summed E-state index contributed by atoms with van der Waals surface area (Å²) in [7, 11) is 0. The maximum absolute atomic E-state index is 12.2. The molecule has 0 bridgehead atoms. The molecule has 1 aliphatic rings. The smallest absolute Gasteiger partial charge is 0.434 e. The van der Waals surface area contributed by atoms with Gasteiger partial charge in [-0.05, 0) is 50.5 Å². The van der Waals surface area contributed by atoms with E-state index in [1.165, 1.54) is 5.56 Å². The SMILES string of the molecule is CC(C)(C)OC(=O)/N=C1/C(=O)Nc2ccc(Cc3ccccc3)cc21. The lowest BCUT2D eigenvalue weighted by molar-refractivity contribution is -0.110. The van der Waals surface area contributed by atoms with Crippen molar-refractivity contribution in [2.75, 3.05) is 5.32 Å². The van der Waals surface area contributed by atoms with Gasteiger partial charge in [0, 0.05) is 5.56 Å². The second kappa shape index (κ2) is 6.51.